The predicted octanol–water partition coefficient (Wildman–Crippen LogP) is 5.11. The van der Waals surface area contributed by atoms with Crippen molar-refractivity contribution in [3.05, 3.63) is 76.5 Å². The largest absolute Gasteiger partial charge is 0.444 e. The van der Waals surface area contributed by atoms with Gasteiger partial charge in [0.1, 0.15) is 5.60 Å². The molecule has 1 saturated heterocycles. The number of benzene rings is 2. The Bertz CT molecular complexity index is 2140. The van der Waals surface area contributed by atoms with Crippen LogP contribution in [-0.4, -0.2) is 100 Å². The predicted molar refractivity (Wildman–Crippen MR) is 188 cm³/mol. The fourth-order valence-electron chi connectivity index (χ4n) is 5.55. The van der Waals surface area contributed by atoms with E-state index in [4.69, 9.17) is 20.5 Å². The molecule has 278 valence electrons. The van der Waals surface area contributed by atoms with Gasteiger partial charge in [-0.05, 0) is 52.0 Å². The third-order valence-corrected chi connectivity index (χ3v) is 8.99. The van der Waals surface area contributed by atoms with E-state index in [9.17, 15) is 22.8 Å². The van der Waals surface area contributed by atoms with Crippen molar-refractivity contribution >= 4 is 45.3 Å². The molecule has 18 heteroatoms. The smallest absolute Gasteiger partial charge is 0.410 e. The lowest BCUT2D eigenvalue weighted by Crippen LogP contribution is -2.51. The molecule has 5 rings (SSSR count). The zero-order chi connectivity index (χ0) is 38.1. The standard InChI is InChI=1S/C34H38ClF2N7O7S/c1-20-25(19-44(40-20)15-16-50-52(6,48)49)22-9-10-24(29(37)28(22)36)27-18-38-30(41(27)5)31(45)39-21-7-8-23(26(35)17-21)32(46)42-11-13-43(14-12-42)33(47)51-34(2,3)4/h7-10,17-19H,11-16H2,1-6H3,(H,39,45). The van der Waals surface area contributed by atoms with Crippen LogP contribution in [0.4, 0.5) is 19.3 Å². The highest BCUT2D eigenvalue weighted by atomic mass is 35.5. The number of imidazole rings is 1. The maximum absolute atomic E-state index is 15.5. The van der Waals surface area contributed by atoms with Crippen LogP contribution in [0.25, 0.3) is 22.4 Å². The third-order valence-electron chi connectivity index (χ3n) is 8.08. The second-order valence-electron chi connectivity index (χ2n) is 13.1. The molecule has 0 atom stereocenters. The minimum Gasteiger partial charge on any atom is -0.444 e. The topological polar surface area (TPSA) is 158 Å². The van der Waals surface area contributed by atoms with Gasteiger partial charge in [-0.15, -0.1) is 0 Å². The van der Waals surface area contributed by atoms with Gasteiger partial charge in [-0.2, -0.15) is 13.5 Å². The first-order chi connectivity index (χ1) is 24.3. The highest BCUT2D eigenvalue weighted by Gasteiger charge is 2.29. The molecule has 0 unspecified atom stereocenters. The van der Waals surface area contributed by atoms with Crippen LogP contribution in [0.5, 0.6) is 0 Å². The van der Waals surface area contributed by atoms with Gasteiger partial charge in [-0.25, -0.2) is 18.6 Å². The highest BCUT2D eigenvalue weighted by molar-refractivity contribution is 7.85. The summed E-state index contributed by atoms with van der Waals surface area (Å²) in [5.41, 5.74) is 0.481. The molecule has 1 aliphatic heterocycles. The van der Waals surface area contributed by atoms with Gasteiger partial charge in [0, 0.05) is 61.8 Å². The lowest BCUT2D eigenvalue weighted by molar-refractivity contribution is 0.0141. The molecule has 3 amide bonds. The first-order valence-electron chi connectivity index (χ1n) is 16.1. The van der Waals surface area contributed by atoms with Gasteiger partial charge in [0.2, 0.25) is 0 Å². The Kier molecular flexibility index (Phi) is 11.1. The van der Waals surface area contributed by atoms with E-state index in [0.717, 1.165) is 6.26 Å². The molecule has 1 fully saturated rings. The summed E-state index contributed by atoms with van der Waals surface area (Å²) in [5.74, 6) is -3.41. The Labute approximate surface area is 304 Å². The number of halogens is 3. The molecule has 0 radical (unpaired) electrons. The number of aromatic nitrogens is 4. The van der Waals surface area contributed by atoms with Gasteiger partial charge in [-0.1, -0.05) is 17.7 Å². The number of nitrogens with zero attached hydrogens (tertiary/aromatic N) is 6. The van der Waals surface area contributed by atoms with Crippen LogP contribution in [0.15, 0.2) is 42.7 Å². The van der Waals surface area contributed by atoms with E-state index in [1.54, 1.807) is 37.5 Å². The molecule has 2 aromatic carbocycles. The second kappa shape index (κ2) is 15.0. The Morgan fingerprint density at radius 1 is 0.981 bits per heavy atom. The summed E-state index contributed by atoms with van der Waals surface area (Å²) in [6.45, 7) is 8.03. The minimum absolute atomic E-state index is 0.0592. The van der Waals surface area contributed by atoms with E-state index in [1.165, 1.54) is 59.0 Å². The van der Waals surface area contributed by atoms with Crippen molar-refractivity contribution < 1.29 is 40.5 Å². The van der Waals surface area contributed by atoms with Crippen LogP contribution in [0, 0.1) is 18.6 Å². The number of carbonyl (C=O) groups excluding carboxylic acids is 3. The van der Waals surface area contributed by atoms with E-state index < -0.39 is 39.4 Å². The molecule has 0 saturated carbocycles. The van der Waals surface area contributed by atoms with E-state index in [-0.39, 0.29) is 71.1 Å². The van der Waals surface area contributed by atoms with Crippen molar-refractivity contribution in [3.8, 4) is 22.4 Å². The Hall–Kier alpha value is -4.87. The summed E-state index contributed by atoms with van der Waals surface area (Å²) in [6.07, 6.45) is 3.19. The number of amides is 3. The van der Waals surface area contributed by atoms with Crippen molar-refractivity contribution in [2.75, 3.05) is 44.4 Å². The summed E-state index contributed by atoms with van der Waals surface area (Å²) in [6, 6.07) is 7.16. The molecule has 0 bridgehead atoms. The number of aryl methyl sites for hydroxylation is 1. The molecule has 1 N–H and O–H groups in total. The van der Waals surface area contributed by atoms with Crippen molar-refractivity contribution in [2.24, 2.45) is 7.05 Å². The molecule has 0 spiro atoms. The zero-order valence-electron chi connectivity index (χ0n) is 29.4. The van der Waals surface area contributed by atoms with Crippen LogP contribution in [-0.2, 0) is 32.6 Å². The van der Waals surface area contributed by atoms with Crippen LogP contribution in [0.2, 0.25) is 5.02 Å². The quantitative estimate of drug-likeness (QED) is 0.229. The molecule has 14 nitrogen and oxygen atoms in total. The van der Waals surface area contributed by atoms with Gasteiger partial charge >= 0.3 is 6.09 Å². The number of hydrogen-bond acceptors (Lipinski definition) is 9. The first kappa shape index (κ1) is 38.4. The number of carbonyl (C=O) groups is 3. The summed E-state index contributed by atoms with van der Waals surface area (Å²) in [5, 5.41) is 7.00. The van der Waals surface area contributed by atoms with E-state index in [1.807, 2.05) is 0 Å². The van der Waals surface area contributed by atoms with Crippen molar-refractivity contribution in [3.63, 3.8) is 0 Å². The van der Waals surface area contributed by atoms with E-state index in [2.05, 4.69) is 15.4 Å². The minimum atomic E-state index is -3.65. The van der Waals surface area contributed by atoms with E-state index >= 15 is 8.78 Å². The summed E-state index contributed by atoms with van der Waals surface area (Å²) in [7, 11) is -2.17. The molecule has 3 heterocycles. The Morgan fingerprint density at radius 3 is 2.25 bits per heavy atom. The van der Waals surface area contributed by atoms with Crippen LogP contribution in [0.1, 0.15) is 47.4 Å². The Balaban J connectivity index is 1.25. The van der Waals surface area contributed by atoms with Crippen molar-refractivity contribution in [1.82, 2.24) is 29.1 Å². The van der Waals surface area contributed by atoms with Crippen LogP contribution >= 0.6 is 11.6 Å². The van der Waals surface area contributed by atoms with Gasteiger partial charge in [0.25, 0.3) is 21.9 Å². The summed E-state index contributed by atoms with van der Waals surface area (Å²) in [4.78, 5) is 46.1. The molecule has 0 aliphatic carbocycles. The highest BCUT2D eigenvalue weighted by Crippen LogP contribution is 2.33. The fraction of sp³-hybridized carbons (Fsp3) is 0.382. The van der Waals surface area contributed by atoms with Crippen LogP contribution < -0.4 is 5.32 Å². The molecule has 4 aromatic rings. The molecular weight excluding hydrogens is 724 g/mol. The summed E-state index contributed by atoms with van der Waals surface area (Å²) >= 11 is 6.46. The fourth-order valence-corrected chi connectivity index (χ4v) is 6.19. The Morgan fingerprint density at radius 2 is 1.62 bits per heavy atom. The molecule has 1 aliphatic rings. The number of piperazine rings is 1. The normalized spacial score (nSPS) is 13.7. The van der Waals surface area contributed by atoms with Crippen LogP contribution in [0.3, 0.4) is 0 Å². The van der Waals surface area contributed by atoms with E-state index in [0.29, 0.717) is 24.3 Å². The zero-order valence-corrected chi connectivity index (χ0v) is 30.9. The van der Waals surface area contributed by atoms with Crippen molar-refractivity contribution in [1.29, 1.82) is 0 Å². The number of hydrogen-bond donors (Lipinski definition) is 1. The van der Waals surface area contributed by atoms with Gasteiger partial charge in [-0.3, -0.25) is 18.5 Å². The summed E-state index contributed by atoms with van der Waals surface area (Å²) < 4.78 is 66.3. The van der Waals surface area contributed by atoms with Gasteiger partial charge in [0.05, 0.1) is 47.6 Å². The average molecular weight is 762 g/mol. The number of nitrogens with one attached hydrogen (secondary N) is 1. The number of ether oxygens (including phenoxy) is 1. The molecule has 2 aromatic heterocycles. The second-order valence-corrected chi connectivity index (χ2v) is 15.2. The monoisotopic (exact) mass is 761 g/mol. The lowest BCUT2D eigenvalue weighted by atomic mass is 10.0. The number of rotatable bonds is 9. The SMILES string of the molecule is Cc1nn(CCOS(C)(=O)=O)cc1-c1ccc(-c2cnc(C(=O)Nc3ccc(C(=O)N4CCN(C(=O)OC(C)(C)C)CC4)c(Cl)c3)n2C)c(F)c1F. The third kappa shape index (κ3) is 8.77. The maximum atomic E-state index is 15.5. The van der Waals surface area contributed by atoms with Gasteiger partial charge < -0.3 is 24.4 Å². The number of anilines is 1. The average Bonchev–Trinajstić information content (AvgIpc) is 3.62. The first-order valence-corrected chi connectivity index (χ1v) is 18.3. The van der Waals surface area contributed by atoms with Gasteiger partial charge in [0.15, 0.2) is 17.5 Å². The molecular formula is C34H38ClF2N7O7S. The van der Waals surface area contributed by atoms with Crippen molar-refractivity contribution in [2.45, 2.75) is 39.8 Å². The lowest BCUT2D eigenvalue weighted by Gasteiger charge is -2.35. The molecule has 52 heavy (non-hydrogen) atoms. The maximum Gasteiger partial charge on any atom is 0.410 e.